The highest BCUT2D eigenvalue weighted by atomic mass is 32.2. The maximum Gasteiger partial charge on any atom is 0.153 e. The Labute approximate surface area is 87.0 Å². The third-order valence-corrected chi connectivity index (χ3v) is 5.61. The van der Waals surface area contributed by atoms with Crippen molar-refractivity contribution < 1.29 is 8.42 Å². The van der Waals surface area contributed by atoms with Crippen LogP contribution < -0.4 is 5.73 Å². The molecule has 2 atom stereocenters. The van der Waals surface area contributed by atoms with E-state index in [1.165, 1.54) is 0 Å². The van der Waals surface area contributed by atoms with E-state index in [1.807, 2.05) is 6.92 Å². The fraction of sp³-hybridized carbons (Fsp3) is 1.00. The van der Waals surface area contributed by atoms with Crippen molar-refractivity contribution in [1.82, 2.24) is 0 Å². The second-order valence-electron chi connectivity index (χ2n) is 4.19. The Balaban J connectivity index is 2.72. The van der Waals surface area contributed by atoms with Crippen LogP contribution >= 0.6 is 0 Å². The monoisotopic (exact) mass is 219 g/mol. The molecule has 2 unspecified atom stereocenters. The van der Waals surface area contributed by atoms with Gasteiger partial charge in [0.1, 0.15) is 0 Å². The molecule has 1 aliphatic carbocycles. The van der Waals surface area contributed by atoms with Crippen LogP contribution in [0.1, 0.15) is 39.0 Å². The maximum absolute atomic E-state index is 11.9. The van der Waals surface area contributed by atoms with Gasteiger partial charge in [-0.15, -0.1) is 0 Å². The van der Waals surface area contributed by atoms with E-state index in [1.54, 1.807) is 0 Å². The smallest absolute Gasteiger partial charge is 0.153 e. The van der Waals surface area contributed by atoms with Gasteiger partial charge in [0.05, 0.1) is 11.0 Å². The van der Waals surface area contributed by atoms with Crippen LogP contribution in [0.25, 0.3) is 0 Å². The Kier molecular flexibility index (Phi) is 4.38. The molecule has 2 N–H and O–H groups in total. The quantitative estimate of drug-likeness (QED) is 0.776. The number of sulfone groups is 1. The highest BCUT2D eigenvalue weighted by Crippen LogP contribution is 2.29. The van der Waals surface area contributed by atoms with Crippen molar-refractivity contribution >= 4 is 9.84 Å². The van der Waals surface area contributed by atoms with E-state index in [0.29, 0.717) is 12.3 Å². The zero-order valence-electron chi connectivity index (χ0n) is 8.91. The molecule has 0 spiro atoms. The Bertz CT molecular complexity index is 261. The van der Waals surface area contributed by atoms with Crippen molar-refractivity contribution in [3.05, 3.63) is 0 Å². The van der Waals surface area contributed by atoms with E-state index >= 15 is 0 Å². The van der Waals surface area contributed by atoms with Crippen LogP contribution in [-0.4, -0.2) is 26.0 Å². The second kappa shape index (κ2) is 5.12. The van der Waals surface area contributed by atoms with Gasteiger partial charge in [-0.05, 0) is 31.7 Å². The SMILES string of the molecule is CCCS(=O)(=O)C1CCCCC1CN. The van der Waals surface area contributed by atoms with E-state index in [9.17, 15) is 8.42 Å². The minimum Gasteiger partial charge on any atom is -0.330 e. The highest BCUT2D eigenvalue weighted by Gasteiger charge is 2.33. The molecule has 0 aromatic carbocycles. The van der Waals surface area contributed by atoms with Gasteiger partial charge in [0.25, 0.3) is 0 Å². The third-order valence-electron chi connectivity index (χ3n) is 3.09. The molecule has 0 aliphatic heterocycles. The third kappa shape index (κ3) is 2.70. The summed E-state index contributed by atoms with van der Waals surface area (Å²) in [5.74, 6) is 0.536. The van der Waals surface area contributed by atoms with Crippen molar-refractivity contribution in [1.29, 1.82) is 0 Å². The average molecular weight is 219 g/mol. The lowest BCUT2D eigenvalue weighted by molar-refractivity contribution is 0.363. The topological polar surface area (TPSA) is 60.2 Å². The molecule has 0 heterocycles. The van der Waals surface area contributed by atoms with Gasteiger partial charge in [-0.1, -0.05) is 19.8 Å². The molecule has 0 bridgehead atoms. The summed E-state index contributed by atoms with van der Waals surface area (Å²) in [6, 6.07) is 0. The fourth-order valence-corrected chi connectivity index (χ4v) is 4.58. The summed E-state index contributed by atoms with van der Waals surface area (Å²) in [6.07, 6.45) is 4.72. The maximum atomic E-state index is 11.9. The van der Waals surface area contributed by atoms with E-state index in [0.717, 1.165) is 32.1 Å². The first kappa shape index (κ1) is 12.0. The molecule has 14 heavy (non-hydrogen) atoms. The molecule has 1 rings (SSSR count). The molecule has 1 fully saturated rings. The summed E-state index contributed by atoms with van der Waals surface area (Å²) in [7, 11) is -2.87. The Morgan fingerprint density at radius 2 is 1.93 bits per heavy atom. The highest BCUT2D eigenvalue weighted by molar-refractivity contribution is 7.92. The van der Waals surface area contributed by atoms with Crippen LogP contribution in [-0.2, 0) is 9.84 Å². The van der Waals surface area contributed by atoms with Crippen molar-refractivity contribution in [2.45, 2.75) is 44.3 Å². The number of nitrogens with two attached hydrogens (primary N) is 1. The standard InChI is InChI=1S/C10H21NO2S/c1-2-7-14(12,13)10-6-4-3-5-9(10)8-11/h9-10H,2-8,11H2,1H3. The number of hydrogen-bond acceptors (Lipinski definition) is 3. The summed E-state index contributed by atoms with van der Waals surface area (Å²) in [5, 5.41) is -0.152. The summed E-state index contributed by atoms with van der Waals surface area (Å²) >= 11 is 0. The zero-order valence-corrected chi connectivity index (χ0v) is 9.72. The minimum atomic E-state index is -2.87. The Morgan fingerprint density at radius 3 is 2.50 bits per heavy atom. The molecule has 0 radical (unpaired) electrons. The van der Waals surface area contributed by atoms with Gasteiger partial charge in [0, 0.05) is 0 Å². The molecule has 0 amide bonds. The number of hydrogen-bond donors (Lipinski definition) is 1. The zero-order chi connectivity index (χ0) is 10.6. The largest absolute Gasteiger partial charge is 0.330 e. The minimum absolute atomic E-state index is 0.152. The lowest BCUT2D eigenvalue weighted by atomic mass is 9.89. The molecular formula is C10H21NO2S. The number of rotatable bonds is 4. The van der Waals surface area contributed by atoms with Crippen molar-refractivity contribution in [2.24, 2.45) is 11.7 Å². The van der Waals surface area contributed by atoms with E-state index in [2.05, 4.69) is 0 Å². The molecule has 0 saturated heterocycles. The fourth-order valence-electron chi connectivity index (χ4n) is 2.35. The first-order valence-electron chi connectivity index (χ1n) is 5.53. The van der Waals surface area contributed by atoms with E-state index in [-0.39, 0.29) is 11.2 Å². The van der Waals surface area contributed by atoms with Crippen LogP contribution in [0.15, 0.2) is 0 Å². The lowest BCUT2D eigenvalue weighted by Gasteiger charge is -2.30. The molecule has 0 aromatic rings. The molecule has 3 nitrogen and oxygen atoms in total. The Morgan fingerprint density at radius 1 is 1.29 bits per heavy atom. The van der Waals surface area contributed by atoms with Gasteiger partial charge in [0.15, 0.2) is 9.84 Å². The van der Waals surface area contributed by atoms with Gasteiger partial charge in [-0.25, -0.2) is 8.42 Å². The molecule has 1 aliphatic rings. The van der Waals surface area contributed by atoms with Gasteiger partial charge >= 0.3 is 0 Å². The molecule has 84 valence electrons. The molecular weight excluding hydrogens is 198 g/mol. The van der Waals surface area contributed by atoms with E-state index < -0.39 is 9.84 Å². The van der Waals surface area contributed by atoms with Crippen molar-refractivity contribution in [2.75, 3.05) is 12.3 Å². The van der Waals surface area contributed by atoms with Gasteiger partial charge in [0.2, 0.25) is 0 Å². The van der Waals surface area contributed by atoms with Crippen molar-refractivity contribution in [3.63, 3.8) is 0 Å². The van der Waals surface area contributed by atoms with E-state index in [4.69, 9.17) is 5.73 Å². The van der Waals surface area contributed by atoms with Crippen molar-refractivity contribution in [3.8, 4) is 0 Å². The average Bonchev–Trinajstić information content (AvgIpc) is 2.18. The van der Waals surface area contributed by atoms with Crippen LogP contribution in [0.5, 0.6) is 0 Å². The summed E-state index contributed by atoms with van der Waals surface area (Å²) < 4.78 is 23.8. The first-order valence-corrected chi connectivity index (χ1v) is 7.25. The predicted octanol–water partition coefficient (Wildman–Crippen LogP) is 1.33. The molecule has 4 heteroatoms. The van der Waals surface area contributed by atoms with Crippen LogP contribution in [0.2, 0.25) is 0 Å². The van der Waals surface area contributed by atoms with Crippen LogP contribution in [0.4, 0.5) is 0 Å². The molecule has 0 aromatic heterocycles. The van der Waals surface area contributed by atoms with Gasteiger partial charge in [-0.2, -0.15) is 0 Å². The first-order chi connectivity index (χ1) is 6.61. The summed E-state index contributed by atoms with van der Waals surface area (Å²) in [5.41, 5.74) is 5.62. The normalized spacial score (nSPS) is 29.0. The van der Waals surface area contributed by atoms with Crippen LogP contribution in [0.3, 0.4) is 0 Å². The second-order valence-corrected chi connectivity index (χ2v) is 6.53. The van der Waals surface area contributed by atoms with Gasteiger partial charge < -0.3 is 5.73 Å². The van der Waals surface area contributed by atoms with Gasteiger partial charge in [-0.3, -0.25) is 0 Å². The lowest BCUT2D eigenvalue weighted by Crippen LogP contribution is -2.38. The summed E-state index contributed by atoms with van der Waals surface area (Å²) in [4.78, 5) is 0. The van der Waals surface area contributed by atoms with Crippen LogP contribution in [0, 0.1) is 5.92 Å². The Hall–Kier alpha value is -0.0900. The summed E-state index contributed by atoms with van der Waals surface area (Å²) in [6.45, 7) is 2.44. The molecule has 1 saturated carbocycles. The predicted molar refractivity (Wildman–Crippen MR) is 58.9 cm³/mol.